The van der Waals surface area contributed by atoms with E-state index in [-0.39, 0.29) is 55.3 Å². The second-order valence-corrected chi connectivity index (χ2v) is 12.9. The Morgan fingerprint density at radius 2 is 1.61 bits per heavy atom. The first-order chi connectivity index (χ1) is 17.2. The van der Waals surface area contributed by atoms with E-state index in [0.717, 1.165) is 38.5 Å². The van der Waals surface area contributed by atoms with Crippen LogP contribution in [-0.4, -0.2) is 76.5 Å². The number of aliphatic hydroxyl groups excluding tert-OH is 4. The van der Waals surface area contributed by atoms with Crippen molar-refractivity contribution in [1.29, 1.82) is 0 Å². The molecule has 0 saturated heterocycles. The Hall–Kier alpha value is -0.890. The third kappa shape index (κ3) is 4.94. The van der Waals surface area contributed by atoms with E-state index in [1.54, 1.807) is 0 Å². The normalized spacial score (nSPS) is 43.9. The van der Waals surface area contributed by atoms with Crippen molar-refractivity contribution >= 4 is 6.09 Å². The minimum Gasteiger partial charge on any atom is -0.449 e. The largest absolute Gasteiger partial charge is 0.449 e. The summed E-state index contributed by atoms with van der Waals surface area (Å²) in [5, 5.41) is 40.5. The van der Waals surface area contributed by atoms with E-state index in [0.29, 0.717) is 36.2 Å². The summed E-state index contributed by atoms with van der Waals surface area (Å²) in [7, 11) is 0. The van der Waals surface area contributed by atoms with Gasteiger partial charge in [-0.15, -0.1) is 0 Å². The van der Waals surface area contributed by atoms with Crippen molar-refractivity contribution in [2.75, 3.05) is 32.9 Å². The van der Waals surface area contributed by atoms with Gasteiger partial charge in [0.25, 0.3) is 0 Å². The van der Waals surface area contributed by atoms with Crippen LogP contribution in [0.4, 0.5) is 4.79 Å². The molecule has 4 aliphatic rings. The van der Waals surface area contributed by atoms with Gasteiger partial charge in [-0.3, -0.25) is 0 Å². The number of fused-ring (bicyclic) bond motifs is 5. The van der Waals surface area contributed by atoms with Gasteiger partial charge in [0.2, 0.25) is 0 Å². The van der Waals surface area contributed by atoms with Crippen molar-refractivity contribution in [3.63, 3.8) is 0 Å². The van der Waals surface area contributed by atoms with E-state index in [1.807, 2.05) is 0 Å². The van der Waals surface area contributed by atoms with Crippen LogP contribution in [0.15, 0.2) is 0 Å². The molecule has 0 aromatic carbocycles. The highest BCUT2D eigenvalue weighted by Crippen LogP contribution is 2.69. The SMILES string of the molecule is CC[C@H]1[C@@H](O)[C@@H]2[C@H](CC[C@]3(C)[C@@H](CCCOC(=O)N(CCO)CCO)CC[C@@H]23)[C@@]2(C)CC[C@@H](O)C[C@@H]12. The van der Waals surface area contributed by atoms with Crippen LogP contribution < -0.4 is 0 Å². The summed E-state index contributed by atoms with van der Waals surface area (Å²) in [4.78, 5) is 13.6. The number of carbonyl (C=O) groups is 1. The molecule has 4 N–H and O–H groups in total. The zero-order valence-electron chi connectivity index (χ0n) is 22.8. The topological polar surface area (TPSA) is 110 Å². The molecule has 4 aliphatic carbocycles. The minimum absolute atomic E-state index is 0.149. The molecule has 208 valence electrons. The van der Waals surface area contributed by atoms with Gasteiger partial charge in [-0.2, -0.15) is 0 Å². The minimum atomic E-state index is -0.467. The molecule has 0 unspecified atom stereocenters. The van der Waals surface area contributed by atoms with Crippen molar-refractivity contribution in [2.45, 2.75) is 97.2 Å². The predicted molar refractivity (Wildman–Crippen MR) is 138 cm³/mol. The number of aliphatic hydroxyl groups is 4. The highest BCUT2D eigenvalue weighted by atomic mass is 16.6. The monoisotopic (exact) mass is 509 g/mol. The van der Waals surface area contributed by atoms with Crippen LogP contribution in [-0.2, 0) is 4.74 Å². The van der Waals surface area contributed by atoms with Crippen LogP contribution in [0.2, 0.25) is 0 Å². The van der Waals surface area contributed by atoms with E-state index >= 15 is 0 Å². The Morgan fingerprint density at radius 3 is 2.28 bits per heavy atom. The van der Waals surface area contributed by atoms with Gasteiger partial charge < -0.3 is 30.1 Å². The zero-order chi connectivity index (χ0) is 26.1. The first kappa shape index (κ1) is 28.1. The lowest BCUT2D eigenvalue weighted by atomic mass is 9.41. The fraction of sp³-hybridized carbons (Fsp3) is 0.966. The van der Waals surface area contributed by atoms with Crippen LogP contribution in [0.5, 0.6) is 0 Å². The second kappa shape index (κ2) is 11.5. The van der Waals surface area contributed by atoms with Gasteiger partial charge in [0, 0.05) is 13.1 Å². The van der Waals surface area contributed by atoms with Gasteiger partial charge in [-0.1, -0.05) is 27.2 Å². The molecule has 4 rings (SSSR count). The molecular weight excluding hydrogens is 458 g/mol. The molecule has 0 aliphatic heterocycles. The maximum atomic E-state index is 12.3. The quantitative estimate of drug-likeness (QED) is 0.352. The molecule has 1 amide bonds. The average Bonchev–Trinajstić information content (AvgIpc) is 3.19. The third-order valence-electron chi connectivity index (χ3n) is 11.5. The lowest BCUT2D eigenvalue weighted by Crippen LogP contribution is -2.62. The van der Waals surface area contributed by atoms with E-state index in [9.17, 15) is 15.0 Å². The summed E-state index contributed by atoms with van der Waals surface area (Å²) in [6.07, 6.45) is 9.48. The molecule has 0 aromatic heterocycles. The fourth-order valence-electron chi connectivity index (χ4n) is 9.66. The summed E-state index contributed by atoms with van der Waals surface area (Å²) in [5.41, 5.74) is 0.452. The molecule has 10 atom stereocenters. The molecule has 0 aromatic rings. The highest BCUT2D eigenvalue weighted by Gasteiger charge is 2.64. The smallest absolute Gasteiger partial charge is 0.409 e. The van der Waals surface area contributed by atoms with Crippen molar-refractivity contribution in [3.05, 3.63) is 0 Å². The Morgan fingerprint density at radius 1 is 0.944 bits per heavy atom. The molecule has 7 nitrogen and oxygen atoms in total. The van der Waals surface area contributed by atoms with Gasteiger partial charge in [0.1, 0.15) is 0 Å². The number of amides is 1. The molecule has 0 bridgehead atoms. The van der Waals surface area contributed by atoms with Crippen molar-refractivity contribution in [3.8, 4) is 0 Å². The number of rotatable bonds is 9. The summed E-state index contributed by atoms with van der Waals surface area (Å²) < 4.78 is 5.46. The van der Waals surface area contributed by atoms with E-state index in [2.05, 4.69) is 20.8 Å². The summed E-state index contributed by atoms with van der Waals surface area (Å²) in [5.74, 6) is 2.75. The summed E-state index contributed by atoms with van der Waals surface area (Å²) >= 11 is 0. The van der Waals surface area contributed by atoms with E-state index in [1.165, 1.54) is 30.6 Å². The number of hydrogen-bond acceptors (Lipinski definition) is 6. The van der Waals surface area contributed by atoms with Gasteiger partial charge in [0.05, 0.1) is 32.0 Å². The maximum Gasteiger partial charge on any atom is 0.409 e. The first-order valence-electron chi connectivity index (χ1n) is 14.7. The van der Waals surface area contributed by atoms with Crippen molar-refractivity contribution < 1.29 is 30.0 Å². The summed E-state index contributed by atoms with van der Waals surface area (Å²) in [6.45, 7) is 7.57. The van der Waals surface area contributed by atoms with Crippen molar-refractivity contribution in [1.82, 2.24) is 4.90 Å². The van der Waals surface area contributed by atoms with E-state index < -0.39 is 6.09 Å². The standard InChI is InChI=1S/C29H51NO6/c1-4-21-24-18-20(33)9-11-29(24,3)23-10-12-28(2)19(7-8-22(28)25(23)26(21)34)6-5-17-36-27(35)30(13-15-31)14-16-32/h19-26,31-34H,4-18H2,1-3H3/t19-,20+,21+,22-,23-,24-,25-,26+,28+,29+/m0/s1. The molecular formula is C29H51NO6. The zero-order valence-corrected chi connectivity index (χ0v) is 22.8. The lowest BCUT2D eigenvalue weighted by molar-refractivity contribution is -0.202. The van der Waals surface area contributed by atoms with Crippen LogP contribution in [0, 0.1) is 46.3 Å². The predicted octanol–water partition coefficient (Wildman–Crippen LogP) is 3.82. The maximum absolute atomic E-state index is 12.3. The second-order valence-electron chi connectivity index (χ2n) is 12.9. The molecule has 4 saturated carbocycles. The van der Waals surface area contributed by atoms with Gasteiger partial charge in [-0.05, 0) is 104 Å². The Balaban J connectivity index is 1.39. The fourth-order valence-corrected chi connectivity index (χ4v) is 9.66. The summed E-state index contributed by atoms with van der Waals surface area (Å²) in [6, 6.07) is 0. The van der Waals surface area contributed by atoms with Crippen molar-refractivity contribution in [2.24, 2.45) is 46.3 Å². The average molecular weight is 510 g/mol. The number of nitrogens with zero attached hydrogens (tertiary/aromatic N) is 1. The van der Waals surface area contributed by atoms with Crippen LogP contribution in [0.3, 0.4) is 0 Å². The van der Waals surface area contributed by atoms with Crippen LogP contribution >= 0.6 is 0 Å². The third-order valence-corrected chi connectivity index (χ3v) is 11.5. The Labute approximate surface area is 217 Å². The van der Waals surface area contributed by atoms with Gasteiger partial charge >= 0.3 is 6.09 Å². The van der Waals surface area contributed by atoms with Crippen LogP contribution in [0.25, 0.3) is 0 Å². The van der Waals surface area contributed by atoms with Gasteiger partial charge in [0.15, 0.2) is 0 Å². The molecule has 7 heteroatoms. The first-order valence-corrected chi connectivity index (χ1v) is 14.7. The van der Waals surface area contributed by atoms with Crippen LogP contribution in [0.1, 0.15) is 85.0 Å². The molecule has 0 spiro atoms. The Bertz CT molecular complexity index is 743. The molecule has 0 radical (unpaired) electrons. The number of carbonyl (C=O) groups excluding carboxylic acids is 1. The highest BCUT2D eigenvalue weighted by molar-refractivity contribution is 5.67. The van der Waals surface area contributed by atoms with E-state index in [4.69, 9.17) is 14.9 Å². The molecule has 0 heterocycles. The lowest BCUT2D eigenvalue weighted by Gasteiger charge is -2.64. The molecule has 36 heavy (non-hydrogen) atoms. The van der Waals surface area contributed by atoms with Gasteiger partial charge in [-0.25, -0.2) is 4.79 Å². The number of ether oxygens (including phenoxy) is 1. The Kier molecular flexibility index (Phi) is 8.96. The number of hydrogen-bond donors (Lipinski definition) is 4. The molecule has 4 fully saturated rings.